The van der Waals surface area contributed by atoms with Gasteiger partial charge in [0.15, 0.2) is 4.77 Å². The van der Waals surface area contributed by atoms with E-state index in [0.29, 0.717) is 17.9 Å². The molecule has 0 fully saturated rings. The Bertz CT molecular complexity index is 338. The molecule has 5 nitrogen and oxygen atoms in total. The molecule has 1 aromatic rings. The van der Waals surface area contributed by atoms with E-state index < -0.39 is 0 Å². The highest BCUT2D eigenvalue weighted by Crippen LogP contribution is 1.89. The Hall–Kier alpha value is -0.880. The first kappa shape index (κ1) is 11.2. The fourth-order valence-corrected chi connectivity index (χ4v) is 1.27. The second kappa shape index (κ2) is 5.77. The molecule has 80 valence electrons. The van der Waals surface area contributed by atoms with Crippen molar-refractivity contribution in [1.82, 2.24) is 14.8 Å². The van der Waals surface area contributed by atoms with Crippen molar-refractivity contribution in [3.63, 3.8) is 0 Å². The Morgan fingerprint density at radius 3 is 2.79 bits per heavy atom. The lowest BCUT2D eigenvalue weighted by atomic mass is 10.4. The number of hydrogen-bond acceptors (Lipinski definition) is 3. The predicted octanol–water partition coefficient (Wildman–Crippen LogP) is 1.05. The number of rotatable bonds is 6. The van der Waals surface area contributed by atoms with Gasteiger partial charge in [0.1, 0.15) is 0 Å². The van der Waals surface area contributed by atoms with Crippen LogP contribution in [0.15, 0.2) is 4.79 Å². The second-order valence-corrected chi connectivity index (χ2v) is 3.36. The van der Waals surface area contributed by atoms with Gasteiger partial charge in [-0.3, -0.25) is 9.67 Å². The van der Waals surface area contributed by atoms with E-state index in [9.17, 15) is 4.79 Å². The standard InChI is InChI=1S/C8H15N3O2S/c1-2-3-5-13-6-4-11-7(12)9-10-8(11)14/h2-6H2,1H3,(H,9,12)(H,10,14). The summed E-state index contributed by atoms with van der Waals surface area (Å²) in [6.45, 7) is 3.87. The zero-order chi connectivity index (χ0) is 10.4. The molecule has 0 aliphatic carbocycles. The molecule has 0 aliphatic heterocycles. The largest absolute Gasteiger partial charge is 0.380 e. The van der Waals surface area contributed by atoms with Crippen molar-refractivity contribution in [2.75, 3.05) is 13.2 Å². The molecule has 0 amide bonds. The summed E-state index contributed by atoms with van der Waals surface area (Å²) in [6.07, 6.45) is 2.17. The highest BCUT2D eigenvalue weighted by molar-refractivity contribution is 7.71. The molecule has 6 heteroatoms. The average Bonchev–Trinajstić information content (AvgIpc) is 2.48. The number of aromatic amines is 2. The van der Waals surface area contributed by atoms with Crippen molar-refractivity contribution in [2.45, 2.75) is 26.3 Å². The van der Waals surface area contributed by atoms with E-state index in [0.717, 1.165) is 19.4 Å². The third-order valence-corrected chi connectivity index (χ3v) is 2.19. The summed E-state index contributed by atoms with van der Waals surface area (Å²) in [6, 6.07) is 0. The average molecular weight is 217 g/mol. The van der Waals surface area contributed by atoms with Crippen LogP contribution < -0.4 is 5.69 Å². The fraction of sp³-hybridized carbons (Fsp3) is 0.750. The Balaban J connectivity index is 2.32. The summed E-state index contributed by atoms with van der Waals surface area (Å²) >= 11 is 4.89. The Kier molecular flexibility index (Phi) is 4.61. The zero-order valence-corrected chi connectivity index (χ0v) is 9.02. The van der Waals surface area contributed by atoms with Crippen molar-refractivity contribution in [3.8, 4) is 0 Å². The lowest BCUT2D eigenvalue weighted by Crippen LogP contribution is -2.19. The Labute approximate surface area is 87.1 Å². The number of unbranched alkanes of at least 4 members (excludes halogenated alkanes) is 1. The molecule has 2 N–H and O–H groups in total. The number of nitrogens with one attached hydrogen (secondary N) is 2. The molecule has 14 heavy (non-hydrogen) atoms. The minimum absolute atomic E-state index is 0.214. The highest BCUT2D eigenvalue weighted by Gasteiger charge is 1.98. The van der Waals surface area contributed by atoms with Gasteiger partial charge < -0.3 is 4.74 Å². The van der Waals surface area contributed by atoms with Crippen LogP contribution >= 0.6 is 12.2 Å². The van der Waals surface area contributed by atoms with Crippen LogP contribution in [0.4, 0.5) is 0 Å². The molecule has 0 atom stereocenters. The summed E-state index contributed by atoms with van der Waals surface area (Å²) in [7, 11) is 0. The molecule has 0 bridgehead atoms. The Morgan fingerprint density at radius 2 is 2.21 bits per heavy atom. The van der Waals surface area contributed by atoms with Gasteiger partial charge in [0.25, 0.3) is 0 Å². The molecule has 1 rings (SSSR count). The summed E-state index contributed by atoms with van der Waals surface area (Å²) in [5.41, 5.74) is -0.214. The van der Waals surface area contributed by atoms with Crippen LogP contribution in [0.25, 0.3) is 0 Å². The lowest BCUT2D eigenvalue weighted by Gasteiger charge is -2.02. The number of ether oxygens (including phenoxy) is 1. The predicted molar refractivity (Wildman–Crippen MR) is 56.0 cm³/mol. The Morgan fingerprint density at radius 1 is 1.43 bits per heavy atom. The fourth-order valence-electron chi connectivity index (χ4n) is 1.04. The maximum atomic E-state index is 11.1. The van der Waals surface area contributed by atoms with Gasteiger partial charge in [0.2, 0.25) is 0 Å². The third-order valence-electron chi connectivity index (χ3n) is 1.87. The van der Waals surface area contributed by atoms with Crippen LogP contribution in [0.1, 0.15) is 19.8 Å². The molecule has 0 radical (unpaired) electrons. The summed E-state index contributed by atoms with van der Waals surface area (Å²) < 4.78 is 7.18. The van der Waals surface area contributed by atoms with Gasteiger partial charge in [0, 0.05) is 6.61 Å². The van der Waals surface area contributed by atoms with E-state index in [-0.39, 0.29) is 5.69 Å². The zero-order valence-electron chi connectivity index (χ0n) is 8.21. The topological polar surface area (TPSA) is 62.8 Å². The molecule has 1 heterocycles. The van der Waals surface area contributed by atoms with Gasteiger partial charge in [-0.15, -0.1) is 0 Å². The van der Waals surface area contributed by atoms with Gasteiger partial charge in [-0.1, -0.05) is 13.3 Å². The number of hydrogen-bond donors (Lipinski definition) is 2. The first-order chi connectivity index (χ1) is 6.75. The van der Waals surface area contributed by atoms with Gasteiger partial charge in [-0.2, -0.15) is 0 Å². The molecule has 0 saturated heterocycles. The summed E-state index contributed by atoms with van der Waals surface area (Å²) in [5, 5.41) is 4.99. The molecule has 0 aliphatic rings. The van der Waals surface area contributed by atoms with Gasteiger partial charge in [-0.05, 0) is 18.6 Å². The number of nitrogens with zero attached hydrogens (tertiary/aromatic N) is 1. The van der Waals surface area contributed by atoms with Crippen LogP contribution in [0.3, 0.4) is 0 Å². The maximum Gasteiger partial charge on any atom is 0.342 e. The number of aromatic nitrogens is 3. The molecule has 0 saturated carbocycles. The van der Waals surface area contributed by atoms with E-state index in [1.165, 1.54) is 4.57 Å². The van der Waals surface area contributed by atoms with E-state index in [1.54, 1.807) is 0 Å². The monoisotopic (exact) mass is 217 g/mol. The quantitative estimate of drug-likeness (QED) is 0.553. The van der Waals surface area contributed by atoms with Gasteiger partial charge in [-0.25, -0.2) is 9.89 Å². The molecule has 0 spiro atoms. The van der Waals surface area contributed by atoms with Crippen LogP contribution in [0.5, 0.6) is 0 Å². The lowest BCUT2D eigenvalue weighted by molar-refractivity contribution is 0.122. The van der Waals surface area contributed by atoms with Crippen molar-refractivity contribution in [1.29, 1.82) is 0 Å². The van der Waals surface area contributed by atoms with Crippen LogP contribution in [0.2, 0.25) is 0 Å². The molecular formula is C8H15N3O2S. The third kappa shape index (κ3) is 3.12. The van der Waals surface area contributed by atoms with E-state index >= 15 is 0 Å². The van der Waals surface area contributed by atoms with Gasteiger partial charge in [0.05, 0.1) is 13.2 Å². The van der Waals surface area contributed by atoms with Crippen LogP contribution in [-0.2, 0) is 11.3 Å². The second-order valence-electron chi connectivity index (χ2n) is 2.98. The van der Waals surface area contributed by atoms with Crippen molar-refractivity contribution in [3.05, 3.63) is 15.3 Å². The van der Waals surface area contributed by atoms with Crippen molar-refractivity contribution >= 4 is 12.2 Å². The first-order valence-corrected chi connectivity index (χ1v) is 5.11. The minimum atomic E-state index is -0.214. The van der Waals surface area contributed by atoms with Gasteiger partial charge >= 0.3 is 5.69 Å². The normalized spacial score (nSPS) is 10.6. The smallest absolute Gasteiger partial charge is 0.342 e. The highest BCUT2D eigenvalue weighted by atomic mass is 32.1. The minimum Gasteiger partial charge on any atom is -0.380 e. The number of H-pyrrole nitrogens is 2. The SMILES string of the molecule is CCCCOCCn1c(=O)[nH][nH]c1=S. The maximum absolute atomic E-state index is 11.1. The molecule has 0 aromatic carbocycles. The van der Waals surface area contributed by atoms with Crippen molar-refractivity contribution < 1.29 is 4.74 Å². The molecular weight excluding hydrogens is 202 g/mol. The molecule has 0 unspecified atom stereocenters. The van der Waals surface area contributed by atoms with E-state index in [4.69, 9.17) is 17.0 Å². The van der Waals surface area contributed by atoms with Crippen LogP contribution in [0, 0.1) is 4.77 Å². The van der Waals surface area contributed by atoms with Crippen molar-refractivity contribution in [2.24, 2.45) is 0 Å². The van der Waals surface area contributed by atoms with E-state index in [2.05, 4.69) is 17.1 Å². The van der Waals surface area contributed by atoms with E-state index in [1.807, 2.05) is 0 Å². The van der Waals surface area contributed by atoms with Crippen LogP contribution in [-0.4, -0.2) is 28.0 Å². The summed E-state index contributed by atoms with van der Waals surface area (Å²) in [5.74, 6) is 0. The molecule has 1 aromatic heterocycles. The summed E-state index contributed by atoms with van der Waals surface area (Å²) in [4.78, 5) is 11.1. The first-order valence-electron chi connectivity index (χ1n) is 4.71.